The molecule has 4 rings (SSSR count). The average molecular weight is 314 g/mol. The summed E-state index contributed by atoms with van der Waals surface area (Å²) in [5.41, 5.74) is 1.42. The maximum Gasteiger partial charge on any atom is 0.162 e. The Bertz CT molecular complexity index is 643. The Hall–Kier alpha value is -1.35. The minimum absolute atomic E-state index is 0.00924. The molecule has 4 aliphatic rings. The standard InChI is InChI=1S/C20H26O3/c1-19-8-6-13(21)10-12(19)4-5-14-15(19)7-9-20(2)16(14)11-17(22)18(20)23-3/h6-8,10,12,14,16,18,21H,4-5,9,11H2,1-3H3/t12?,14-,16+,18+,19+,20+/m1/s1. The lowest BCUT2D eigenvalue weighted by Gasteiger charge is -2.53. The number of hydrogen-bond donors (Lipinski definition) is 1. The van der Waals surface area contributed by atoms with Crippen LogP contribution < -0.4 is 0 Å². The van der Waals surface area contributed by atoms with E-state index in [0.717, 1.165) is 19.3 Å². The van der Waals surface area contributed by atoms with Crippen molar-refractivity contribution < 1.29 is 14.6 Å². The monoisotopic (exact) mass is 314 g/mol. The lowest BCUT2D eigenvalue weighted by Crippen LogP contribution is -2.47. The number of fused-ring (bicyclic) bond motifs is 5. The van der Waals surface area contributed by atoms with E-state index in [1.54, 1.807) is 7.11 Å². The lowest BCUT2D eigenvalue weighted by molar-refractivity contribution is -0.129. The Kier molecular flexibility index (Phi) is 3.19. The van der Waals surface area contributed by atoms with E-state index in [1.165, 1.54) is 5.57 Å². The fraction of sp³-hybridized carbons (Fsp3) is 0.650. The minimum Gasteiger partial charge on any atom is -0.508 e. The Morgan fingerprint density at radius 1 is 1.30 bits per heavy atom. The number of aliphatic hydroxyl groups is 1. The number of ether oxygens (including phenoxy) is 1. The Morgan fingerprint density at radius 2 is 2.09 bits per heavy atom. The van der Waals surface area contributed by atoms with Gasteiger partial charge in [-0.15, -0.1) is 0 Å². The topological polar surface area (TPSA) is 46.5 Å². The maximum atomic E-state index is 12.5. The van der Waals surface area contributed by atoms with E-state index in [4.69, 9.17) is 4.74 Å². The van der Waals surface area contributed by atoms with Crippen LogP contribution in [0.2, 0.25) is 0 Å². The first-order valence-corrected chi connectivity index (χ1v) is 8.76. The number of carbonyl (C=O) groups is 1. The summed E-state index contributed by atoms with van der Waals surface area (Å²) in [4.78, 5) is 12.5. The third-order valence-electron chi connectivity index (χ3n) is 7.20. The van der Waals surface area contributed by atoms with Gasteiger partial charge in [0.1, 0.15) is 11.9 Å². The highest BCUT2D eigenvalue weighted by atomic mass is 16.5. The molecule has 124 valence electrons. The van der Waals surface area contributed by atoms with Crippen molar-refractivity contribution in [1.29, 1.82) is 0 Å². The lowest BCUT2D eigenvalue weighted by atomic mass is 9.51. The van der Waals surface area contributed by atoms with Crippen molar-refractivity contribution in [1.82, 2.24) is 0 Å². The second kappa shape index (κ2) is 4.83. The molecule has 2 saturated carbocycles. The number of aliphatic hydroxyl groups excluding tert-OH is 1. The van der Waals surface area contributed by atoms with Gasteiger partial charge in [-0.1, -0.05) is 31.6 Å². The van der Waals surface area contributed by atoms with Gasteiger partial charge >= 0.3 is 0 Å². The van der Waals surface area contributed by atoms with E-state index in [2.05, 4.69) is 26.0 Å². The van der Waals surface area contributed by atoms with Crippen LogP contribution in [-0.4, -0.2) is 24.1 Å². The van der Waals surface area contributed by atoms with Gasteiger partial charge in [-0.2, -0.15) is 0 Å². The third-order valence-corrected chi connectivity index (χ3v) is 7.20. The zero-order valence-electron chi connectivity index (χ0n) is 14.2. The summed E-state index contributed by atoms with van der Waals surface area (Å²) in [6.45, 7) is 4.53. The highest BCUT2D eigenvalue weighted by Crippen LogP contribution is 2.62. The molecule has 1 N–H and O–H groups in total. The van der Waals surface area contributed by atoms with Crippen LogP contribution in [-0.2, 0) is 9.53 Å². The van der Waals surface area contributed by atoms with Crippen molar-refractivity contribution in [2.24, 2.45) is 28.6 Å². The molecule has 0 spiro atoms. The van der Waals surface area contributed by atoms with Crippen LogP contribution in [0.15, 0.2) is 35.6 Å². The van der Waals surface area contributed by atoms with Crippen molar-refractivity contribution in [3.63, 3.8) is 0 Å². The first-order valence-electron chi connectivity index (χ1n) is 8.76. The number of Topliss-reactive ketones (excluding diaryl/α,β-unsaturated/α-hetero) is 1. The van der Waals surface area contributed by atoms with Crippen LogP contribution in [0, 0.1) is 28.6 Å². The van der Waals surface area contributed by atoms with Gasteiger partial charge in [-0.25, -0.2) is 0 Å². The molecular formula is C20H26O3. The molecule has 2 fully saturated rings. The van der Waals surface area contributed by atoms with E-state index < -0.39 is 0 Å². The number of allylic oxidation sites excluding steroid dienone is 5. The van der Waals surface area contributed by atoms with Crippen molar-refractivity contribution in [2.45, 2.75) is 45.6 Å². The summed E-state index contributed by atoms with van der Waals surface area (Å²) in [6.07, 6.45) is 11.9. The Balaban J connectivity index is 1.75. The van der Waals surface area contributed by atoms with E-state index in [0.29, 0.717) is 29.9 Å². The predicted octanol–water partition coefficient (Wildman–Crippen LogP) is 3.97. The number of rotatable bonds is 1. The number of methoxy groups -OCH3 is 1. The smallest absolute Gasteiger partial charge is 0.162 e. The van der Waals surface area contributed by atoms with E-state index in [1.807, 2.05) is 12.2 Å². The maximum absolute atomic E-state index is 12.5. The Labute approximate surface area is 138 Å². The van der Waals surface area contributed by atoms with Crippen LogP contribution in [0.4, 0.5) is 0 Å². The molecule has 6 atom stereocenters. The van der Waals surface area contributed by atoms with E-state index in [9.17, 15) is 9.90 Å². The molecule has 0 aromatic carbocycles. The van der Waals surface area contributed by atoms with Gasteiger partial charge in [-0.3, -0.25) is 4.79 Å². The number of hydrogen-bond acceptors (Lipinski definition) is 3. The van der Waals surface area contributed by atoms with Crippen LogP contribution in [0.3, 0.4) is 0 Å². The van der Waals surface area contributed by atoms with Crippen LogP contribution >= 0.6 is 0 Å². The zero-order valence-corrected chi connectivity index (χ0v) is 14.2. The minimum atomic E-state index is -0.248. The van der Waals surface area contributed by atoms with Gasteiger partial charge in [0, 0.05) is 24.4 Å². The largest absolute Gasteiger partial charge is 0.508 e. The summed E-state index contributed by atoms with van der Waals surface area (Å²) in [5.74, 6) is 1.90. The number of carbonyl (C=O) groups excluding carboxylic acids is 1. The molecule has 0 heterocycles. The van der Waals surface area contributed by atoms with Gasteiger partial charge in [-0.05, 0) is 49.2 Å². The fourth-order valence-electron chi connectivity index (χ4n) is 5.92. The van der Waals surface area contributed by atoms with Crippen molar-refractivity contribution in [3.8, 4) is 0 Å². The van der Waals surface area contributed by atoms with Gasteiger partial charge in [0.15, 0.2) is 5.78 Å². The molecular weight excluding hydrogens is 288 g/mol. The summed E-state index contributed by atoms with van der Waals surface area (Å²) < 4.78 is 5.59. The van der Waals surface area contributed by atoms with E-state index in [-0.39, 0.29) is 22.7 Å². The molecule has 4 aliphatic carbocycles. The molecule has 0 saturated heterocycles. The van der Waals surface area contributed by atoms with Crippen molar-refractivity contribution in [3.05, 3.63) is 35.6 Å². The molecule has 23 heavy (non-hydrogen) atoms. The summed E-state index contributed by atoms with van der Waals surface area (Å²) in [5, 5.41) is 9.84. The van der Waals surface area contributed by atoms with Crippen molar-refractivity contribution in [2.75, 3.05) is 7.11 Å². The first-order chi connectivity index (χ1) is 10.9. The molecule has 0 bridgehead atoms. The molecule has 0 amide bonds. The average Bonchev–Trinajstić information content (AvgIpc) is 2.77. The van der Waals surface area contributed by atoms with Gasteiger partial charge in [0.05, 0.1) is 0 Å². The molecule has 1 unspecified atom stereocenters. The highest BCUT2D eigenvalue weighted by molar-refractivity contribution is 5.87. The normalized spacial score (nSPS) is 48.2. The van der Waals surface area contributed by atoms with Gasteiger partial charge in [0.25, 0.3) is 0 Å². The number of ketones is 1. The summed E-state index contributed by atoms with van der Waals surface area (Å²) >= 11 is 0. The van der Waals surface area contributed by atoms with E-state index >= 15 is 0 Å². The highest BCUT2D eigenvalue weighted by Gasteiger charge is 2.59. The summed E-state index contributed by atoms with van der Waals surface area (Å²) in [6, 6.07) is 0. The molecule has 3 nitrogen and oxygen atoms in total. The molecule has 0 aromatic rings. The van der Waals surface area contributed by atoms with Crippen LogP contribution in [0.1, 0.15) is 39.5 Å². The summed E-state index contributed by atoms with van der Waals surface area (Å²) in [7, 11) is 1.67. The molecule has 0 aliphatic heterocycles. The molecule has 0 radical (unpaired) electrons. The van der Waals surface area contributed by atoms with Crippen molar-refractivity contribution >= 4 is 5.78 Å². The first kappa shape index (κ1) is 15.2. The zero-order chi connectivity index (χ0) is 16.4. The predicted molar refractivity (Wildman–Crippen MR) is 88.9 cm³/mol. The van der Waals surface area contributed by atoms with Gasteiger partial charge in [0.2, 0.25) is 0 Å². The van der Waals surface area contributed by atoms with Gasteiger partial charge < -0.3 is 9.84 Å². The second-order valence-corrected chi connectivity index (χ2v) is 8.26. The molecule has 0 aromatic heterocycles. The fourth-order valence-corrected chi connectivity index (χ4v) is 5.92. The molecule has 3 heteroatoms. The SMILES string of the molecule is CO[C@H]1C(=O)C[C@H]2[C@@H]3CCC4C=C(O)C=C[C@]4(C)C3=CC[C@]12C. The third kappa shape index (κ3) is 1.89. The van der Waals surface area contributed by atoms with Crippen LogP contribution in [0.25, 0.3) is 0 Å². The van der Waals surface area contributed by atoms with Crippen LogP contribution in [0.5, 0.6) is 0 Å². The second-order valence-electron chi connectivity index (χ2n) is 8.26. The Morgan fingerprint density at radius 3 is 2.83 bits per heavy atom. The quantitative estimate of drug-likeness (QED) is 0.745.